The van der Waals surface area contributed by atoms with Crippen molar-refractivity contribution in [1.29, 1.82) is 0 Å². The number of hydrogen-bond donors (Lipinski definition) is 2. The van der Waals surface area contributed by atoms with Gasteiger partial charge in [0.25, 0.3) is 0 Å². The fraction of sp³-hybridized carbons (Fsp3) is 0.385. The number of hydrogen-bond acceptors (Lipinski definition) is 3. The molecule has 1 rings (SSSR count). The van der Waals surface area contributed by atoms with Crippen molar-refractivity contribution in [3.63, 3.8) is 0 Å². The summed E-state index contributed by atoms with van der Waals surface area (Å²) < 4.78 is 12.0. The number of benzene rings is 1. The van der Waals surface area contributed by atoms with Crippen LogP contribution in [0.15, 0.2) is 30.3 Å². The van der Waals surface area contributed by atoms with Gasteiger partial charge in [0.2, 0.25) is 5.91 Å². The second-order valence-electron chi connectivity index (χ2n) is 4.37. The van der Waals surface area contributed by atoms with Crippen LogP contribution in [0.1, 0.15) is 12.5 Å². The lowest BCUT2D eigenvalue weighted by molar-refractivity contribution is -0.136. The molecule has 0 heterocycles. The molecule has 0 saturated heterocycles. The van der Waals surface area contributed by atoms with Crippen molar-refractivity contribution < 1.29 is 18.9 Å². The highest BCUT2D eigenvalue weighted by atomic mass is 32.2. The molecule has 1 aromatic rings. The third kappa shape index (κ3) is 4.82. The average molecular weight is 283 g/mol. The van der Waals surface area contributed by atoms with Crippen molar-refractivity contribution in [2.75, 3.05) is 5.75 Å². The van der Waals surface area contributed by atoms with Gasteiger partial charge < -0.3 is 10.8 Å². The van der Waals surface area contributed by atoms with Crippen LogP contribution < -0.4 is 5.73 Å². The van der Waals surface area contributed by atoms with E-state index in [1.54, 1.807) is 31.2 Å². The quantitative estimate of drug-likeness (QED) is 0.763. The smallest absolute Gasteiger partial charge is 0.319 e. The van der Waals surface area contributed by atoms with E-state index in [1.807, 2.05) is 6.07 Å². The molecule has 0 radical (unpaired) electrons. The van der Waals surface area contributed by atoms with Gasteiger partial charge in [-0.2, -0.15) is 0 Å². The zero-order valence-electron chi connectivity index (χ0n) is 10.6. The molecule has 0 aromatic heterocycles. The number of carboxylic acid groups (broad SMARTS) is 1. The molecule has 0 bridgehead atoms. The van der Waals surface area contributed by atoms with Crippen molar-refractivity contribution in [3.05, 3.63) is 35.9 Å². The van der Waals surface area contributed by atoms with Crippen LogP contribution in [0, 0.1) is 5.92 Å². The minimum Gasteiger partial charge on any atom is -0.480 e. The van der Waals surface area contributed by atoms with E-state index in [4.69, 9.17) is 10.8 Å². The minimum atomic E-state index is -1.64. The molecule has 0 aliphatic heterocycles. The molecule has 0 saturated carbocycles. The topological polar surface area (TPSA) is 97.5 Å². The Morgan fingerprint density at radius 1 is 1.32 bits per heavy atom. The third-order valence-corrected chi connectivity index (χ3v) is 4.59. The van der Waals surface area contributed by atoms with E-state index in [0.717, 1.165) is 5.56 Å². The summed E-state index contributed by atoms with van der Waals surface area (Å²) in [5.41, 5.74) is 5.89. The Labute approximate surface area is 114 Å². The summed E-state index contributed by atoms with van der Waals surface area (Å²) in [6, 6.07) is 8.98. The lowest BCUT2D eigenvalue weighted by Crippen LogP contribution is -2.34. The molecular formula is C13H17NO4S. The van der Waals surface area contributed by atoms with Gasteiger partial charge in [-0.3, -0.25) is 13.8 Å². The highest BCUT2D eigenvalue weighted by Gasteiger charge is 2.27. The van der Waals surface area contributed by atoms with Gasteiger partial charge in [-0.05, 0) is 12.0 Å². The first-order chi connectivity index (χ1) is 8.91. The second kappa shape index (κ2) is 7.04. The molecule has 6 heteroatoms. The monoisotopic (exact) mass is 283 g/mol. The summed E-state index contributed by atoms with van der Waals surface area (Å²) in [6.07, 6.45) is 0.175. The van der Waals surface area contributed by atoms with E-state index in [0.29, 0.717) is 0 Å². The molecule has 3 N–H and O–H groups in total. The van der Waals surface area contributed by atoms with E-state index in [-0.39, 0.29) is 12.2 Å². The van der Waals surface area contributed by atoms with Crippen LogP contribution in [0.4, 0.5) is 0 Å². The summed E-state index contributed by atoms with van der Waals surface area (Å²) in [5.74, 6) is -2.33. The van der Waals surface area contributed by atoms with Crippen LogP contribution >= 0.6 is 0 Å². The van der Waals surface area contributed by atoms with Crippen molar-refractivity contribution in [2.45, 2.75) is 18.6 Å². The molecule has 0 spiro atoms. The summed E-state index contributed by atoms with van der Waals surface area (Å²) >= 11 is 0. The normalized spacial score (nSPS) is 15.4. The van der Waals surface area contributed by atoms with Crippen molar-refractivity contribution in [2.24, 2.45) is 11.7 Å². The van der Waals surface area contributed by atoms with Crippen molar-refractivity contribution in [1.82, 2.24) is 0 Å². The highest BCUT2D eigenvalue weighted by molar-refractivity contribution is 7.86. The van der Waals surface area contributed by atoms with Gasteiger partial charge in [0.15, 0.2) is 0 Å². The number of amides is 1. The maximum absolute atomic E-state index is 12.0. The third-order valence-electron chi connectivity index (χ3n) is 2.76. The number of rotatable bonds is 7. The summed E-state index contributed by atoms with van der Waals surface area (Å²) in [6.45, 7) is 1.54. The van der Waals surface area contributed by atoms with Gasteiger partial charge in [-0.15, -0.1) is 0 Å². The fourth-order valence-corrected chi connectivity index (χ4v) is 3.06. The van der Waals surface area contributed by atoms with Gasteiger partial charge >= 0.3 is 5.97 Å². The largest absolute Gasteiger partial charge is 0.480 e. The van der Waals surface area contributed by atoms with Crippen molar-refractivity contribution >= 4 is 22.7 Å². The van der Waals surface area contributed by atoms with Crippen LogP contribution in [0.5, 0.6) is 0 Å². The lowest BCUT2D eigenvalue weighted by Gasteiger charge is -2.14. The molecule has 3 unspecified atom stereocenters. The average Bonchev–Trinajstić information content (AvgIpc) is 2.36. The Kier molecular flexibility index (Phi) is 5.69. The zero-order valence-corrected chi connectivity index (χ0v) is 11.4. The van der Waals surface area contributed by atoms with E-state index in [2.05, 4.69) is 0 Å². The predicted octanol–water partition coefficient (Wildman–Crippen LogP) is 0.552. The first-order valence-electron chi connectivity index (χ1n) is 5.85. The molecule has 104 valence electrons. The lowest BCUT2D eigenvalue weighted by atomic mass is 10.1. The highest BCUT2D eigenvalue weighted by Crippen LogP contribution is 2.11. The Morgan fingerprint density at radius 2 is 1.89 bits per heavy atom. The Balaban J connectivity index is 2.75. The maximum atomic E-state index is 12.0. The first kappa shape index (κ1) is 15.4. The second-order valence-corrected chi connectivity index (χ2v) is 6.03. The van der Waals surface area contributed by atoms with Crippen LogP contribution in [0.3, 0.4) is 0 Å². The fourth-order valence-electron chi connectivity index (χ4n) is 1.57. The number of primary amides is 1. The van der Waals surface area contributed by atoms with Crippen LogP contribution in [-0.2, 0) is 26.8 Å². The Morgan fingerprint density at radius 3 is 2.37 bits per heavy atom. The number of nitrogens with two attached hydrogens (primary N) is 1. The van der Waals surface area contributed by atoms with E-state index in [9.17, 15) is 13.8 Å². The molecule has 19 heavy (non-hydrogen) atoms. The number of aliphatic carboxylic acids is 1. The van der Waals surface area contributed by atoms with Crippen LogP contribution in [0.25, 0.3) is 0 Å². The van der Waals surface area contributed by atoms with E-state index < -0.39 is 33.8 Å². The SMILES string of the molecule is CC(CS(=O)C(Cc1ccccc1)C(=O)O)C(N)=O. The standard InChI is InChI=1S/C13H17NO4S/c1-9(12(14)15)8-19(18)11(13(16)17)7-10-5-3-2-4-6-10/h2-6,9,11H,7-8H2,1H3,(H2,14,15)(H,16,17). The van der Waals surface area contributed by atoms with Gasteiger partial charge in [-0.1, -0.05) is 37.3 Å². The van der Waals surface area contributed by atoms with E-state index in [1.165, 1.54) is 0 Å². The molecule has 5 nitrogen and oxygen atoms in total. The van der Waals surface area contributed by atoms with Gasteiger partial charge in [0, 0.05) is 22.5 Å². The predicted molar refractivity (Wildman–Crippen MR) is 72.9 cm³/mol. The molecule has 0 aliphatic carbocycles. The van der Waals surface area contributed by atoms with Crippen LogP contribution in [0.2, 0.25) is 0 Å². The van der Waals surface area contributed by atoms with Gasteiger partial charge in [0.1, 0.15) is 5.25 Å². The minimum absolute atomic E-state index is 0.0286. The maximum Gasteiger partial charge on any atom is 0.319 e. The Hall–Kier alpha value is -1.69. The first-order valence-corrected chi connectivity index (χ1v) is 7.23. The number of carboxylic acids is 1. The molecule has 1 amide bonds. The zero-order chi connectivity index (χ0) is 14.4. The molecule has 0 aliphatic rings. The van der Waals surface area contributed by atoms with Gasteiger partial charge in [-0.25, -0.2) is 0 Å². The molecule has 3 atom stereocenters. The summed E-state index contributed by atoms with van der Waals surface area (Å²) in [5, 5.41) is 8.12. The summed E-state index contributed by atoms with van der Waals surface area (Å²) in [4.78, 5) is 22.1. The Bertz CT molecular complexity index is 475. The molecule has 1 aromatic carbocycles. The summed E-state index contributed by atoms with van der Waals surface area (Å²) in [7, 11) is -1.64. The molecule has 0 fully saturated rings. The van der Waals surface area contributed by atoms with Crippen LogP contribution in [-0.4, -0.2) is 32.2 Å². The van der Waals surface area contributed by atoms with Crippen molar-refractivity contribution in [3.8, 4) is 0 Å². The van der Waals surface area contributed by atoms with Gasteiger partial charge in [0.05, 0.1) is 0 Å². The van der Waals surface area contributed by atoms with E-state index >= 15 is 0 Å². The number of carbonyl (C=O) groups is 2. The molecular weight excluding hydrogens is 266 g/mol. The number of carbonyl (C=O) groups excluding carboxylic acids is 1.